The van der Waals surface area contributed by atoms with Crippen LogP contribution < -0.4 is 10.6 Å². The molecule has 154 valence electrons. The number of benzene rings is 1. The maximum Gasteiger partial charge on any atom is 0.243 e. The molecule has 0 spiro atoms. The molecule has 29 heavy (non-hydrogen) atoms. The molecule has 2 heterocycles. The van der Waals surface area contributed by atoms with E-state index in [0.29, 0.717) is 17.3 Å². The zero-order valence-corrected chi connectivity index (χ0v) is 17.3. The lowest BCUT2D eigenvalue weighted by atomic mass is 10.2. The van der Waals surface area contributed by atoms with Crippen molar-refractivity contribution in [1.29, 1.82) is 0 Å². The van der Waals surface area contributed by atoms with Gasteiger partial charge < -0.3 is 10.6 Å². The monoisotopic (exact) mass is 415 g/mol. The number of amides is 2. The van der Waals surface area contributed by atoms with E-state index in [2.05, 4.69) is 25.4 Å². The molecule has 2 aromatic rings. The second kappa shape index (κ2) is 10.3. The average Bonchev–Trinajstić information content (AvgIpc) is 2.72. The zero-order chi connectivity index (χ0) is 20.6. The van der Waals surface area contributed by atoms with Crippen LogP contribution in [0.3, 0.4) is 0 Å². The third kappa shape index (κ3) is 6.52. The SMILES string of the molecule is Cc1c(Cl)cccc1NC(=O)CNC(=O)CN1CCN(Cc2ccccn2)CC1. The van der Waals surface area contributed by atoms with Gasteiger partial charge in [-0.2, -0.15) is 0 Å². The lowest BCUT2D eigenvalue weighted by Gasteiger charge is -2.34. The van der Waals surface area contributed by atoms with Crippen molar-refractivity contribution in [2.45, 2.75) is 13.5 Å². The van der Waals surface area contributed by atoms with Gasteiger partial charge in [-0.05, 0) is 36.8 Å². The van der Waals surface area contributed by atoms with Crippen molar-refractivity contribution in [1.82, 2.24) is 20.1 Å². The van der Waals surface area contributed by atoms with Crippen LogP contribution in [0.25, 0.3) is 0 Å². The van der Waals surface area contributed by atoms with Crippen LogP contribution in [-0.4, -0.2) is 65.9 Å². The first-order chi connectivity index (χ1) is 14.0. The van der Waals surface area contributed by atoms with Crippen molar-refractivity contribution < 1.29 is 9.59 Å². The summed E-state index contributed by atoms with van der Waals surface area (Å²) in [4.78, 5) is 33.1. The molecule has 0 unspecified atom stereocenters. The first-order valence-corrected chi connectivity index (χ1v) is 10.1. The van der Waals surface area contributed by atoms with Gasteiger partial charge in [0.2, 0.25) is 11.8 Å². The maximum atomic E-state index is 12.2. The topological polar surface area (TPSA) is 77.6 Å². The largest absolute Gasteiger partial charge is 0.346 e. The van der Waals surface area contributed by atoms with Crippen LogP contribution in [0.1, 0.15) is 11.3 Å². The van der Waals surface area contributed by atoms with Crippen molar-refractivity contribution in [3.8, 4) is 0 Å². The Labute approximate surface area is 176 Å². The van der Waals surface area contributed by atoms with Crippen LogP contribution in [-0.2, 0) is 16.1 Å². The van der Waals surface area contributed by atoms with E-state index in [1.807, 2.05) is 25.1 Å². The van der Waals surface area contributed by atoms with Crippen LogP contribution in [0, 0.1) is 6.92 Å². The van der Waals surface area contributed by atoms with E-state index in [4.69, 9.17) is 11.6 Å². The van der Waals surface area contributed by atoms with Gasteiger partial charge in [0.1, 0.15) is 0 Å². The molecular weight excluding hydrogens is 390 g/mol. The number of piperazine rings is 1. The third-order valence-corrected chi connectivity index (χ3v) is 5.34. The molecule has 0 radical (unpaired) electrons. The van der Waals surface area contributed by atoms with Crippen molar-refractivity contribution in [3.05, 3.63) is 58.9 Å². The molecule has 7 nitrogen and oxygen atoms in total. The zero-order valence-electron chi connectivity index (χ0n) is 16.5. The standard InChI is InChI=1S/C21H26ClN5O2/c1-16-18(22)6-4-7-19(16)25-20(28)13-24-21(29)15-27-11-9-26(10-12-27)14-17-5-2-3-8-23-17/h2-8H,9-15H2,1H3,(H,24,29)(H,25,28). The molecule has 8 heteroatoms. The summed E-state index contributed by atoms with van der Waals surface area (Å²) < 4.78 is 0. The number of halogens is 1. The Morgan fingerprint density at radius 2 is 1.79 bits per heavy atom. The number of hydrogen-bond donors (Lipinski definition) is 2. The highest BCUT2D eigenvalue weighted by Crippen LogP contribution is 2.22. The van der Waals surface area contributed by atoms with E-state index in [-0.39, 0.29) is 18.4 Å². The van der Waals surface area contributed by atoms with Crippen molar-refractivity contribution in [2.24, 2.45) is 0 Å². The Kier molecular flexibility index (Phi) is 7.57. The number of nitrogens with one attached hydrogen (secondary N) is 2. The molecule has 2 N–H and O–H groups in total. The van der Waals surface area contributed by atoms with Gasteiger partial charge >= 0.3 is 0 Å². The third-order valence-electron chi connectivity index (χ3n) is 4.93. The van der Waals surface area contributed by atoms with Crippen LogP contribution >= 0.6 is 11.6 Å². The van der Waals surface area contributed by atoms with Gasteiger partial charge in [0.05, 0.1) is 18.8 Å². The van der Waals surface area contributed by atoms with Crippen LogP contribution in [0.4, 0.5) is 5.69 Å². The summed E-state index contributed by atoms with van der Waals surface area (Å²) in [6.07, 6.45) is 1.81. The summed E-state index contributed by atoms with van der Waals surface area (Å²) in [5.74, 6) is -0.426. The minimum absolute atomic E-state index is 0.0651. The Hall–Kier alpha value is -2.48. The fourth-order valence-corrected chi connectivity index (χ4v) is 3.38. The van der Waals surface area contributed by atoms with Gasteiger partial charge in [0.25, 0.3) is 0 Å². The van der Waals surface area contributed by atoms with Crippen molar-refractivity contribution in [3.63, 3.8) is 0 Å². The van der Waals surface area contributed by atoms with E-state index < -0.39 is 0 Å². The molecule has 1 aliphatic heterocycles. The number of rotatable bonds is 7. The first kappa shape index (κ1) is 21.2. The summed E-state index contributed by atoms with van der Waals surface area (Å²) >= 11 is 6.06. The summed E-state index contributed by atoms with van der Waals surface area (Å²) in [7, 11) is 0. The van der Waals surface area contributed by atoms with Gasteiger partial charge in [0.15, 0.2) is 0 Å². The van der Waals surface area contributed by atoms with E-state index in [1.54, 1.807) is 24.4 Å². The number of hydrogen-bond acceptors (Lipinski definition) is 5. The number of carbonyl (C=O) groups is 2. The number of nitrogens with zero attached hydrogens (tertiary/aromatic N) is 3. The van der Waals surface area contributed by atoms with Crippen LogP contribution in [0.15, 0.2) is 42.6 Å². The Bertz CT molecular complexity index is 838. The molecule has 1 fully saturated rings. The summed E-state index contributed by atoms with van der Waals surface area (Å²) in [6, 6.07) is 11.3. The summed E-state index contributed by atoms with van der Waals surface area (Å²) in [5, 5.41) is 6.05. The molecule has 3 rings (SSSR count). The molecular formula is C21H26ClN5O2. The van der Waals surface area contributed by atoms with E-state index in [1.165, 1.54) is 0 Å². The Morgan fingerprint density at radius 3 is 2.52 bits per heavy atom. The number of carbonyl (C=O) groups excluding carboxylic acids is 2. The number of anilines is 1. The molecule has 0 aliphatic carbocycles. The number of pyridine rings is 1. The van der Waals surface area contributed by atoms with Gasteiger partial charge in [-0.15, -0.1) is 0 Å². The highest BCUT2D eigenvalue weighted by molar-refractivity contribution is 6.31. The molecule has 1 aliphatic rings. The van der Waals surface area contributed by atoms with E-state index >= 15 is 0 Å². The maximum absolute atomic E-state index is 12.2. The fraction of sp³-hybridized carbons (Fsp3) is 0.381. The molecule has 0 bridgehead atoms. The highest BCUT2D eigenvalue weighted by atomic mass is 35.5. The Balaban J connectivity index is 1.36. The normalized spacial score (nSPS) is 15.1. The average molecular weight is 416 g/mol. The van der Waals surface area contributed by atoms with Gasteiger partial charge in [0, 0.05) is 49.6 Å². The van der Waals surface area contributed by atoms with Gasteiger partial charge in [-0.3, -0.25) is 24.4 Å². The number of aromatic nitrogens is 1. The minimum atomic E-state index is -0.274. The second-order valence-corrected chi connectivity index (χ2v) is 7.52. The molecule has 1 aromatic carbocycles. The van der Waals surface area contributed by atoms with E-state index in [0.717, 1.165) is 44.0 Å². The molecule has 0 saturated carbocycles. The highest BCUT2D eigenvalue weighted by Gasteiger charge is 2.19. The van der Waals surface area contributed by atoms with Gasteiger partial charge in [-0.1, -0.05) is 23.7 Å². The predicted molar refractivity (Wildman–Crippen MR) is 114 cm³/mol. The molecule has 0 atom stereocenters. The Morgan fingerprint density at radius 1 is 1.03 bits per heavy atom. The lowest BCUT2D eigenvalue weighted by Crippen LogP contribution is -2.49. The minimum Gasteiger partial charge on any atom is -0.346 e. The summed E-state index contributed by atoms with van der Waals surface area (Å²) in [5.41, 5.74) is 2.51. The van der Waals surface area contributed by atoms with Crippen molar-refractivity contribution in [2.75, 3.05) is 44.6 Å². The van der Waals surface area contributed by atoms with E-state index in [9.17, 15) is 9.59 Å². The smallest absolute Gasteiger partial charge is 0.243 e. The quantitative estimate of drug-likeness (QED) is 0.722. The fourth-order valence-electron chi connectivity index (χ4n) is 3.20. The summed E-state index contributed by atoms with van der Waals surface area (Å²) in [6.45, 7) is 6.29. The molecule has 1 aromatic heterocycles. The molecule has 1 saturated heterocycles. The lowest BCUT2D eigenvalue weighted by molar-refractivity contribution is -0.125. The van der Waals surface area contributed by atoms with Gasteiger partial charge in [-0.25, -0.2) is 0 Å². The van der Waals surface area contributed by atoms with Crippen LogP contribution in [0.5, 0.6) is 0 Å². The van der Waals surface area contributed by atoms with Crippen molar-refractivity contribution >= 4 is 29.1 Å². The van der Waals surface area contributed by atoms with Crippen LogP contribution in [0.2, 0.25) is 5.02 Å². The first-order valence-electron chi connectivity index (χ1n) is 9.67. The predicted octanol–water partition coefficient (Wildman–Crippen LogP) is 1.92. The molecule has 2 amide bonds. The second-order valence-electron chi connectivity index (χ2n) is 7.11.